The molecule has 2 saturated heterocycles. The van der Waals surface area contributed by atoms with Crippen LogP contribution in [-0.4, -0.2) is 76.0 Å². The predicted octanol–water partition coefficient (Wildman–Crippen LogP) is 2.91. The number of fused-ring (bicyclic) bond motifs is 1. The van der Waals surface area contributed by atoms with Crippen LogP contribution in [0.3, 0.4) is 0 Å². The Morgan fingerprint density at radius 1 is 1.09 bits per heavy atom. The minimum Gasteiger partial charge on any atom is -0.337 e. The van der Waals surface area contributed by atoms with E-state index in [1.807, 2.05) is 42.2 Å². The molecule has 1 N–H and O–H groups in total. The van der Waals surface area contributed by atoms with Crippen molar-refractivity contribution in [1.29, 1.82) is 0 Å². The van der Waals surface area contributed by atoms with Crippen molar-refractivity contribution in [2.24, 2.45) is 11.8 Å². The average Bonchev–Trinajstić information content (AvgIpc) is 2.78. The van der Waals surface area contributed by atoms with E-state index in [1.165, 1.54) is 0 Å². The van der Waals surface area contributed by atoms with Gasteiger partial charge in [0.25, 0.3) is 0 Å². The van der Waals surface area contributed by atoms with Gasteiger partial charge in [0.2, 0.25) is 11.8 Å². The fourth-order valence-electron chi connectivity index (χ4n) is 4.61. The van der Waals surface area contributed by atoms with Gasteiger partial charge >= 0.3 is 6.03 Å². The number of benzene rings is 1. The summed E-state index contributed by atoms with van der Waals surface area (Å²) in [6.07, 6.45) is 0.971. The van der Waals surface area contributed by atoms with Crippen molar-refractivity contribution in [3.63, 3.8) is 0 Å². The number of amides is 4. The van der Waals surface area contributed by atoms with E-state index in [0.717, 1.165) is 12.0 Å². The van der Waals surface area contributed by atoms with Gasteiger partial charge in [-0.2, -0.15) is 0 Å². The zero-order valence-electron chi connectivity index (χ0n) is 20.7. The Morgan fingerprint density at radius 2 is 1.79 bits per heavy atom. The van der Waals surface area contributed by atoms with Crippen LogP contribution < -0.4 is 5.32 Å². The highest BCUT2D eigenvalue weighted by Gasteiger charge is 2.51. The molecule has 8 heteroatoms. The number of likely N-dealkylation sites (N-methyl/N-ethyl adjacent to an activating group) is 1. The largest absolute Gasteiger partial charge is 0.337 e. The predicted molar refractivity (Wildman–Crippen MR) is 128 cm³/mol. The third kappa shape index (κ3) is 5.85. The van der Waals surface area contributed by atoms with E-state index in [2.05, 4.69) is 33.0 Å². The second-order valence-electron chi connectivity index (χ2n) is 9.86. The molecule has 2 aliphatic heterocycles. The summed E-state index contributed by atoms with van der Waals surface area (Å²) in [7, 11) is 0. The maximum absolute atomic E-state index is 13.4. The molecule has 0 bridgehead atoms. The molecular weight excluding hydrogens is 418 g/mol. The zero-order chi connectivity index (χ0) is 24.1. The first-order valence-electron chi connectivity index (χ1n) is 12.2. The van der Waals surface area contributed by atoms with E-state index >= 15 is 0 Å². The molecule has 0 aliphatic carbocycles. The number of piperazine rings is 1. The second-order valence-corrected chi connectivity index (χ2v) is 9.86. The fourth-order valence-corrected chi connectivity index (χ4v) is 4.61. The summed E-state index contributed by atoms with van der Waals surface area (Å²) < 4.78 is 0. The first-order chi connectivity index (χ1) is 15.7. The molecule has 0 saturated carbocycles. The van der Waals surface area contributed by atoms with Crippen LogP contribution in [0, 0.1) is 11.8 Å². The Balaban J connectivity index is 1.88. The molecule has 0 radical (unpaired) electrons. The van der Waals surface area contributed by atoms with E-state index in [1.54, 1.807) is 14.9 Å². The highest BCUT2D eigenvalue weighted by Crippen LogP contribution is 2.29. The van der Waals surface area contributed by atoms with Gasteiger partial charge in [-0.15, -0.1) is 0 Å². The van der Waals surface area contributed by atoms with Gasteiger partial charge in [-0.25, -0.2) is 14.8 Å². The molecule has 182 valence electrons. The van der Waals surface area contributed by atoms with E-state index in [4.69, 9.17) is 0 Å². The topological polar surface area (TPSA) is 76.2 Å². The van der Waals surface area contributed by atoms with Gasteiger partial charge in [0.15, 0.2) is 0 Å². The summed E-state index contributed by atoms with van der Waals surface area (Å²) in [5.41, 5.74) is 1.01. The molecule has 0 spiro atoms. The molecule has 33 heavy (non-hydrogen) atoms. The third-order valence-electron chi connectivity index (χ3n) is 6.36. The Kier molecular flexibility index (Phi) is 8.35. The summed E-state index contributed by atoms with van der Waals surface area (Å²) >= 11 is 0. The van der Waals surface area contributed by atoms with Crippen molar-refractivity contribution in [3.8, 4) is 0 Å². The number of nitrogens with zero attached hydrogens (tertiary/aromatic N) is 4. The SMILES string of the molecule is CCN1CC(=O)N2[C@@H](CC(C)C)C(=O)N(CCC(C)C)C[C@@H]2N1C(=O)NCc1ccccc1. The number of carbonyl (C=O) groups is 3. The van der Waals surface area contributed by atoms with Crippen LogP contribution in [-0.2, 0) is 16.1 Å². The maximum Gasteiger partial charge on any atom is 0.334 e. The van der Waals surface area contributed by atoms with Crippen molar-refractivity contribution < 1.29 is 14.4 Å². The van der Waals surface area contributed by atoms with Crippen LogP contribution in [0.15, 0.2) is 30.3 Å². The van der Waals surface area contributed by atoms with Crippen molar-refractivity contribution in [3.05, 3.63) is 35.9 Å². The molecule has 0 aromatic heterocycles. The van der Waals surface area contributed by atoms with Crippen molar-refractivity contribution in [1.82, 2.24) is 25.1 Å². The molecule has 2 fully saturated rings. The number of nitrogens with one attached hydrogen (secondary N) is 1. The number of hydrogen-bond donors (Lipinski definition) is 1. The van der Waals surface area contributed by atoms with Gasteiger partial charge in [0.1, 0.15) is 12.2 Å². The van der Waals surface area contributed by atoms with Gasteiger partial charge in [-0.3, -0.25) is 9.59 Å². The monoisotopic (exact) mass is 457 g/mol. The van der Waals surface area contributed by atoms with E-state index in [0.29, 0.717) is 38.5 Å². The Labute approximate surface area is 197 Å². The molecule has 4 amide bonds. The first-order valence-corrected chi connectivity index (χ1v) is 12.2. The molecular formula is C25H39N5O3. The lowest BCUT2D eigenvalue weighted by Gasteiger charge is -2.55. The van der Waals surface area contributed by atoms with Crippen LogP contribution in [0.2, 0.25) is 0 Å². The molecule has 0 unspecified atom stereocenters. The normalized spacial score (nSPS) is 21.7. The summed E-state index contributed by atoms with van der Waals surface area (Å²) in [5.74, 6) is 0.631. The standard InChI is InChI=1S/C25H39N5O3/c1-6-28-17-23(31)29-21(14-19(4)5)24(32)27(13-12-18(2)3)16-22(29)30(28)25(33)26-15-20-10-8-7-9-11-20/h7-11,18-19,21-22H,6,12-17H2,1-5H3,(H,26,33)/t21-,22-/m0/s1. The Morgan fingerprint density at radius 3 is 2.39 bits per heavy atom. The minimum absolute atomic E-state index is 0.00328. The maximum atomic E-state index is 13.4. The van der Waals surface area contributed by atoms with Gasteiger partial charge in [-0.05, 0) is 30.2 Å². The number of carbonyl (C=O) groups excluding carboxylic acids is 3. The minimum atomic E-state index is -0.535. The van der Waals surface area contributed by atoms with Crippen LogP contribution in [0.25, 0.3) is 0 Å². The van der Waals surface area contributed by atoms with Crippen molar-refractivity contribution >= 4 is 17.8 Å². The van der Waals surface area contributed by atoms with Gasteiger partial charge in [0, 0.05) is 19.6 Å². The van der Waals surface area contributed by atoms with Crippen LogP contribution >= 0.6 is 0 Å². The number of urea groups is 1. The molecule has 2 aliphatic rings. The number of hydrazine groups is 1. The van der Waals surface area contributed by atoms with E-state index in [9.17, 15) is 14.4 Å². The lowest BCUT2D eigenvalue weighted by Crippen LogP contribution is -2.76. The highest BCUT2D eigenvalue weighted by molar-refractivity contribution is 5.91. The van der Waals surface area contributed by atoms with Crippen LogP contribution in [0.4, 0.5) is 4.79 Å². The first kappa shape index (κ1) is 25.0. The summed E-state index contributed by atoms with van der Waals surface area (Å²) in [4.78, 5) is 43.6. The molecule has 8 nitrogen and oxygen atoms in total. The van der Waals surface area contributed by atoms with Gasteiger partial charge in [-0.1, -0.05) is 65.0 Å². The summed E-state index contributed by atoms with van der Waals surface area (Å²) in [6.45, 7) is 12.3. The van der Waals surface area contributed by atoms with Gasteiger partial charge in [0.05, 0.1) is 13.1 Å². The fraction of sp³-hybridized carbons (Fsp3) is 0.640. The van der Waals surface area contributed by atoms with Crippen molar-refractivity contribution in [2.45, 2.75) is 66.2 Å². The van der Waals surface area contributed by atoms with Crippen molar-refractivity contribution in [2.75, 3.05) is 26.2 Å². The smallest absolute Gasteiger partial charge is 0.334 e. The summed E-state index contributed by atoms with van der Waals surface area (Å²) in [6, 6.07) is 8.98. The number of rotatable bonds is 8. The second kappa shape index (κ2) is 11.0. The van der Waals surface area contributed by atoms with E-state index < -0.39 is 12.2 Å². The van der Waals surface area contributed by atoms with Crippen LogP contribution in [0.5, 0.6) is 0 Å². The van der Waals surface area contributed by atoms with Crippen LogP contribution in [0.1, 0.15) is 53.0 Å². The molecule has 3 rings (SSSR count). The average molecular weight is 458 g/mol. The quantitative estimate of drug-likeness (QED) is 0.651. The molecule has 2 heterocycles. The molecule has 1 aromatic carbocycles. The Bertz CT molecular complexity index is 829. The van der Waals surface area contributed by atoms with E-state index in [-0.39, 0.29) is 30.3 Å². The zero-order valence-corrected chi connectivity index (χ0v) is 20.7. The third-order valence-corrected chi connectivity index (χ3v) is 6.36. The van der Waals surface area contributed by atoms with Gasteiger partial charge < -0.3 is 15.1 Å². The lowest BCUT2D eigenvalue weighted by molar-refractivity contribution is -0.191. The summed E-state index contributed by atoms with van der Waals surface area (Å²) in [5, 5.41) is 6.49. The lowest BCUT2D eigenvalue weighted by atomic mass is 9.96. The highest BCUT2D eigenvalue weighted by atomic mass is 16.2. The number of hydrogen-bond acceptors (Lipinski definition) is 4. The molecule has 1 aromatic rings. The Hall–Kier alpha value is -2.61. The molecule has 2 atom stereocenters.